The van der Waals surface area contributed by atoms with Crippen LogP contribution in [0.25, 0.3) is 21.5 Å². The third kappa shape index (κ3) is 5.18. The van der Waals surface area contributed by atoms with Crippen molar-refractivity contribution >= 4 is 38.5 Å². The summed E-state index contributed by atoms with van der Waals surface area (Å²) in [4.78, 5) is 16.8. The number of hydrogen-bond acceptors (Lipinski definition) is 8. The van der Waals surface area contributed by atoms with E-state index in [-0.39, 0.29) is 5.82 Å². The Kier molecular flexibility index (Phi) is 6.89. The zero-order valence-corrected chi connectivity index (χ0v) is 19.0. The van der Waals surface area contributed by atoms with Gasteiger partial charge in [0, 0.05) is 39.0 Å². The normalized spacial score (nSPS) is 11.3. The Hall–Kier alpha value is -3.14. The minimum absolute atomic E-state index is 0.271. The topological polar surface area (TPSA) is 75.2 Å². The summed E-state index contributed by atoms with van der Waals surface area (Å²) in [6.45, 7) is 2.34. The number of nitrogens with zero attached hydrogens (tertiary/aromatic N) is 4. The Balaban J connectivity index is 1.61. The van der Waals surface area contributed by atoms with E-state index in [4.69, 9.17) is 9.72 Å². The van der Waals surface area contributed by atoms with Gasteiger partial charge in [0.05, 0.1) is 6.61 Å². The highest BCUT2D eigenvalue weighted by molar-refractivity contribution is 7.21. The summed E-state index contributed by atoms with van der Waals surface area (Å²) in [5.41, 5.74) is 3.68. The number of hydrogen-bond donors (Lipinski definition) is 2. The maximum atomic E-state index is 13.4. The molecule has 1 aromatic carbocycles. The number of pyridine rings is 2. The van der Waals surface area contributed by atoms with E-state index in [1.54, 1.807) is 25.4 Å². The van der Waals surface area contributed by atoms with Gasteiger partial charge in [-0.05, 0) is 48.5 Å². The predicted octanol–water partition coefficient (Wildman–Crippen LogP) is 4.76. The second-order valence-corrected chi connectivity index (χ2v) is 8.37. The van der Waals surface area contributed by atoms with Gasteiger partial charge in [0.2, 0.25) is 0 Å². The first-order valence-corrected chi connectivity index (χ1v) is 11.0. The van der Waals surface area contributed by atoms with Crippen molar-refractivity contribution in [1.82, 2.24) is 19.9 Å². The lowest BCUT2D eigenvalue weighted by molar-refractivity contribution is 0.158. The molecule has 0 fully saturated rings. The lowest BCUT2D eigenvalue weighted by atomic mass is 10.1. The number of methoxy groups -OCH3 is 1. The SMILES string of the molecule is CNc1cc(-c2ccc(F)cc2)c2nc(Nc3cc(CN(C)CCOC)ccn3)sc2n1. The second-order valence-electron chi connectivity index (χ2n) is 7.39. The average molecular weight is 453 g/mol. The molecule has 166 valence electrons. The van der Waals surface area contributed by atoms with Crippen LogP contribution in [0.1, 0.15) is 5.56 Å². The van der Waals surface area contributed by atoms with Gasteiger partial charge in [-0.2, -0.15) is 0 Å². The number of rotatable bonds is 9. The van der Waals surface area contributed by atoms with Crippen molar-refractivity contribution in [3.05, 3.63) is 60.0 Å². The van der Waals surface area contributed by atoms with Gasteiger partial charge in [-0.1, -0.05) is 23.5 Å². The largest absolute Gasteiger partial charge is 0.383 e. The molecule has 4 aromatic rings. The van der Waals surface area contributed by atoms with Crippen molar-refractivity contribution in [1.29, 1.82) is 0 Å². The van der Waals surface area contributed by atoms with Crippen LogP contribution >= 0.6 is 11.3 Å². The van der Waals surface area contributed by atoms with E-state index in [1.165, 1.54) is 23.5 Å². The van der Waals surface area contributed by atoms with Crippen LogP contribution in [-0.4, -0.2) is 54.2 Å². The molecule has 0 unspecified atom stereocenters. The fraction of sp³-hybridized carbons (Fsp3) is 0.261. The molecule has 0 aliphatic carbocycles. The zero-order chi connectivity index (χ0) is 22.5. The van der Waals surface area contributed by atoms with Crippen LogP contribution in [0.15, 0.2) is 48.7 Å². The third-order valence-corrected chi connectivity index (χ3v) is 5.83. The number of anilines is 3. The summed E-state index contributed by atoms with van der Waals surface area (Å²) >= 11 is 1.45. The van der Waals surface area contributed by atoms with E-state index in [2.05, 4.69) is 32.5 Å². The van der Waals surface area contributed by atoms with E-state index in [9.17, 15) is 4.39 Å². The molecule has 2 N–H and O–H groups in total. The number of fused-ring (bicyclic) bond motifs is 1. The summed E-state index contributed by atoms with van der Waals surface area (Å²) < 4.78 is 18.6. The number of ether oxygens (including phenoxy) is 1. The van der Waals surface area contributed by atoms with Gasteiger partial charge in [0.15, 0.2) is 5.13 Å². The Morgan fingerprint density at radius 2 is 1.91 bits per heavy atom. The molecular formula is C23H25FN6OS. The first kappa shape index (κ1) is 22.1. The van der Waals surface area contributed by atoms with Crippen LogP contribution in [-0.2, 0) is 11.3 Å². The smallest absolute Gasteiger partial charge is 0.190 e. The van der Waals surface area contributed by atoms with Crippen molar-refractivity contribution < 1.29 is 9.13 Å². The molecule has 0 saturated heterocycles. The van der Waals surface area contributed by atoms with Crippen molar-refractivity contribution in [2.45, 2.75) is 6.54 Å². The molecule has 32 heavy (non-hydrogen) atoms. The standard InChI is InChI=1S/C23H25FN6OS/c1-25-19-13-18(16-4-6-17(24)7-5-16)21-22(27-19)32-23(29-21)28-20-12-15(8-9-26-20)14-30(2)10-11-31-3/h4-9,12-13H,10-11,14H2,1-3H3,(H,25,27)(H,26,28,29). The molecule has 0 amide bonds. The number of halogens is 1. The van der Waals surface area contributed by atoms with Gasteiger partial charge < -0.3 is 15.4 Å². The maximum absolute atomic E-state index is 13.4. The lowest BCUT2D eigenvalue weighted by Crippen LogP contribution is -2.22. The highest BCUT2D eigenvalue weighted by atomic mass is 32.1. The molecule has 0 spiro atoms. The summed E-state index contributed by atoms with van der Waals surface area (Å²) in [5, 5.41) is 7.09. The van der Waals surface area contributed by atoms with Crippen LogP contribution in [0.4, 0.5) is 21.2 Å². The van der Waals surface area contributed by atoms with Crippen LogP contribution < -0.4 is 10.6 Å². The van der Waals surface area contributed by atoms with Crippen LogP contribution in [0.5, 0.6) is 0 Å². The predicted molar refractivity (Wildman–Crippen MR) is 128 cm³/mol. The molecule has 3 heterocycles. The van der Waals surface area contributed by atoms with Gasteiger partial charge in [-0.3, -0.25) is 4.90 Å². The molecule has 4 rings (SSSR count). The molecule has 7 nitrogen and oxygen atoms in total. The average Bonchev–Trinajstić information content (AvgIpc) is 3.20. The number of thiazole rings is 1. The van der Waals surface area contributed by atoms with Gasteiger partial charge in [-0.25, -0.2) is 19.3 Å². The molecule has 9 heteroatoms. The summed E-state index contributed by atoms with van der Waals surface area (Å²) in [6, 6.07) is 12.3. The van der Waals surface area contributed by atoms with E-state index >= 15 is 0 Å². The van der Waals surface area contributed by atoms with Crippen molar-refractivity contribution in [2.24, 2.45) is 0 Å². The van der Waals surface area contributed by atoms with Gasteiger partial charge in [0.1, 0.15) is 27.8 Å². The number of nitrogens with one attached hydrogen (secondary N) is 2. The monoisotopic (exact) mass is 452 g/mol. The quantitative estimate of drug-likeness (QED) is 0.379. The Morgan fingerprint density at radius 1 is 1.09 bits per heavy atom. The maximum Gasteiger partial charge on any atom is 0.190 e. The third-order valence-electron chi connectivity index (χ3n) is 4.97. The highest BCUT2D eigenvalue weighted by Crippen LogP contribution is 2.35. The van der Waals surface area contributed by atoms with Gasteiger partial charge in [-0.15, -0.1) is 0 Å². The van der Waals surface area contributed by atoms with Gasteiger partial charge in [0.25, 0.3) is 0 Å². The van der Waals surface area contributed by atoms with Crippen molar-refractivity contribution in [3.63, 3.8) is 0 Å². The molecule has 0 aliphatic heterocycles. The lowest BCUT2D eigenvalue weighted by Gasteiger charge is -2.16. The highest BCUT2D eigenvalue weighted by Gasteiger charge is 2.14. The summed E-state index contributed by atoms with van der Waals surface area (Å²) in [6.07, 6.45) is 1.79. The Labute approximate surface area is 190 Å². The fourth-order valence-corrected chi connectivity index (χ4v) is 4.20. The van der Waals surface area contributed by atoms with E-state index < -0.39 is 0 Å². The fourth-order valence-electron chi connectivity index (χ4n) is 3.33. The first-order chi connectivity index (χ1) is 15.6. The number of benzene rings is 1. The van der Waals surface area contributed by atoms with E-state index in [1.807, 2.05) is 25.2 Å². The van der Waals surface area contributed by atoms with E-state index in [0.717, 1.165) is 51.8 Å². The second kappa shape index (κ2) is 9.99. The van der Waals surface area contributed by atoms with Crippen molar-refractivity contribution in [2.75, 3.05) is 45.0 Å². The molecular weight excluding hydrogens is 427 g/mol. The number of aromatic nitrogens is 3. The van der Waals surface area contributed by atoms with E-state index in [0.29, 0.717) is 11.7 Å². The summed E-state index contributed by atoms with van der Waals surface area (Å²) in [7, 11) is 5.58. The Morgan fingerprint density at radius 3 is 2.66 bits per heavy atom. The molecule has 0 bridgehead atoms. The van der Waals surface area contributed by atoms with Crippen LogP contribution in [0, 0.1) is 5.82 Å². The molecule has 0 radical (unpaired) electrons. The zero-order valence-electron chi connectivity index (χ0n) is 18.2. The first-order valence-electron chi connectivity index (χ1n) is 10.2. The molecule has 3 aromatic heterocycles. The summed E-state index contributed by atoms with van der Waals surface area (Å²) in [5.74, 6) is 1.18. The number of likely N-dealkylation sites (N-methyl/N-ethyl adjacent to an activating group) is 1. The van der Waals surface area contributed by atoms with Crippen molar-refractivity contribution in [3.8, 4) is 11.1 Å². The molecule has 0 atom stereocenters. The Bertz CT molecular complexity index is 1200. The van der Waals surface area contributed by atoms with Crippen LogP contribution in [0.2, 0.25) is 0 Å². The van der Waals surface area contributed by atoms with Crippen LogP contribution in [0.3, 0.4) is 0 Å². The van der Waals surface area contributed by atoms with Gasteiger partial charge >= 0.3 is 0 Å². The molecule has 0 aliphatic rings. The minimum Gasteiger partial charge on any atom is -0.383 e. The molecule has 0 saturated carbocycles. The minimum atomic E-state index is -0.271.